The molecule has 1 aromatic carbocycles. The van der Waals surface area contributed by atoms with E-state index >= 15 is 0 Å². The van der Waals surface area contributed by atoms with E-state index in [1.54, 1.807) is 35.2 Å². The van der Waals surface area contributed by atoms with Crippen LogP contribution >= 0.6 is 0 Å². The summed E-state index contributed by atoms with van der Waals surface area (Å²) >= 11 is 0. The number of anilines is 2. The van der Waals surface area contributed by atoms with E-state index < -0.39 is 0 Å². The van der Waals surface area contributed by atoms with Gasteiger partial charge in [-0.3, -0.25) is 9.59 Å². The van der Waals surface area contributed by atoms with Crippen LogP contribution in [0.1, 0.15) is 17.0 Å². The van der Waals surface area contributed by atoms with Gasteiger partial charge in [-0.25, -0.2) is 0 Å². The van der Waals surface area contributed by atoms with Crippen molar-refractivity contribution in [2.45, 2.75) is 6.42 Å². The molecule has 7 nitrogen and oxygen atoms in total. The second kappa shape index (κ2) is 7.40. The first-order chi connectivity index (χ1) is 12.0. The monoisotopic (exact) mass is 343 g/mol. The van der Waals surface area contributed by atoms with E-state index in [1.807, 2.05) is 14.1 Å². The van der Waals surface area contributed by atoms with Gasteiger partial charge in [0, 0.05) is 12.2 Å². The molecule has 3 rings (SSSR count). The predicted molar refractivity (Wildman–Crippen MR) is 94.1 cm³/mol. The standard InChI is InChI=1S/C18H21N3O4/c1-20(2)8-4-9-21-14-11-13(6-7-15(14)25-12-17(21)22)19-18(23)16-5-3-10-24-16/h3,5-7,10-11H,4,8-9,12H2,1-2H3,(H,19,23). The van der Waals surface area contributed by atoms with E-state index in [9.17, 15) is 9.59 Å². The van der Waals surface area contributed by atoms with E-state index in [2.05, 4.69) is 10.2 Å². The number of fused-ring (bicyclic) bond motifs is 1. The molecule has 1 aromatic heterocycles. The van der Waals surface area contributed by atoms with Gasteiger partial charge in [-0.2, -0.15) is 0 Å². The minimum Gasteiger partial charge on any atom is -0.482 e. The summed E-state index contributed by atoms with van der Waals surface area (Å²) < 4.78 is 10.6. The summed E-state index contributed by atoms with van der Waals surface area (Å²) in [5.41, 5.74) is 1.25. The second-order valence-electron chi connectivity index (χ2n) is 6.10. The van der Waals surface area contributed by atoms with Crippen molar-refractivity contribution in [1.29, 1.82) is 0 Å². The fraction of sp³-hybridized carbons (Fsp3) is 0.333. The summed E-state index contributed by atoms with van der Waals surface area (Å²) in [7, 11) is 3.99. The number of furan rings is 1. The van der Waals surface area contributed by atoms with Crippen LogP contribution in [-0.2, 0) is 4.79 Å². The molecule has 1 aliphatic heterocycles. The summed E-state index contributed by atoms with van der Waals surface area (Å²) in [6, 6.07) is 8.50. The fourth-order valence-electron chi connectivity index (χ4n) is 2.67. The largest absolute Gasteiger partial charge is 0.482 e. The van der Waals surface area contributed by atoms with Gasteiger partial charge in [-0.1, -0.05) is 0 Å². The third-order valence-electron chi connectivity index (χ3n) is 3.89. The molecular formula is C18H21N3O4. The van der Waals surface area contributed by atoms with Gasteiger partial charge >= 0.3 is 0 Å². The van der Waals surface area contributed by atoms with Gasteiger partial charge in [0.2, 0.25) is 0 Å². The van der Waals surface area contributed by atoms with Crippen molar-refractivity contribution in [2.24, 2.45) is 0 Å². The third-order valence-corrected chi connectivity index (χ3v) is 3.89. The highest BCUT2D eigenvalue weighted by molar-refractivity contribution is 6.03. The van der Waals surface area contributed by atoms with Crippen molar-refractivity contribution in [3.8, 4) is 5.75 Å². The van der Waals surface area contributed by atoms with Crippen molar-refractivity contribution in [3.05, 3.63) is 42.4 Å². The van der Waals surface area contributed by atoms with E-state index in [1.165, 1.54) is 6.26 Å². The maximum atomic E-state index is 12.2. The molecular weight excluding hydrogens is 322 g/mol. The average molecular weight is 343 g/mol. The second-order valence-corrected chi connectivity index (χ2v) is 6.10. The van der Waals surface area contributed by atoms with Gasteiger partial charge in [-0.05, 0) is 57.4 Å². The number of carbonyl (C=O) groups is 2. The van der Waals surface area contributed by atoms with E-state index in [0.29, 0.717) is 23.7 Å². The van der Waals surface area contributed by atoms with Crippen LogP contribution in [0.3, 0.4) is 0 Å². The van der Waals surface area contributed by atoms with Gasteiger partial charge in [-0.15, -0.1) is 0 Å². The lowest BCUT2D eigenvalue weighted by Crippen LogP contribution is -2.40. The maximum absolute atomic E-state index is 12.2. The van der Waals surface area contributed by atoms with Crippen LogP contribution in [0.4, 0.5) is 11.4 Å². The molecule has 1 N–H and O–H groups in total. The molecule has 2 amide bonds. The maximum Gasteiger partial charge on any atom is 0.291 e. The van der Waals surface area contributed by atoms with Gasteiger partial charge in [0.15, 0.2) is 12.4 Å². The minimum atomic E-state index is -0.341. The summed E-state index contributed by atoms with van der Waals surface area (Å²) in [4.78, 5) is 28.1. The number of nitrogens with zero attached hydrogens (tertiary/aromatic N) is 2. The molecule has 25 heavy (non-hydrogen) atoms. The fourth-order valence-corrected chi connectivity index (χ4v) is 2.67. The van der Waals surface area contributed by atoms with Gasteiger partial charge in [0.05, 0.1) is 12.0 Å². The number of hydrogen-bond donors (Lipinski definition) is 1. The van der Waals surface area contributed by atoms with Crippen LogP contribution in [-0.4, -0.2) is 50.5 Å². The molecule has 0 spiro atoms. The molecule has 132 valence electrons. The minimum absolute atomic E-state index is 0.0348. The molecule has 0 radical (unpaired) electrons. The van der Waals surface area contributed by atoms with Gasteiger partial charge in [0.25, 0.3) is 11.8 Å². The molecule has 0 saturated heterocycles. The van der Waals surface area contributed by atoms with Crippen LogP contribution < -0.4 is 15.0 Å². The first kappa shape index (κ1) is 17.0. The lowest BCUT2D eigenvalue weighted by Gasteiger charge is -2.30. The molecule has 0 saturated carbocycles. The Balaban J connectivity index is 1.77. The number of amides is 2. The van der Waals surface area contributed by atoms with Crippen molar-refractivity contribution in [2.75, 3.05) is 44.0 Å². The molecule has 0 atom stereocenters. The third kappa shape index (κ3) is 4.00. The summed E-state index contributed by atoms with van der Waals surface area (Å²) in [5.74, 6) is 0.446. The normalized spacial score (nSPS) is 13.6. The van der Waals surface area contributed by atoms with Crippen LogP contribution in [0.2, 0.25) is 0 Å². The number of benzene rings is 1. The Morgan fingerprint density at radius 3 is 2.88 bits per heavy atom. The van der Waals surface area contributed by atoms with E-state index in [0.717, 1.165) is 13.0 Å². The predicted octanol–water partition coefficient (Wildman–Crippen LogP) is 2.21. The van der Waals surface area contributed by atoms with E-state index in [-0.39, 0.29) is 24.2 Å². The van der Waals surface area contributed by atoms with Crippen molar-refractivity contribution >= 4 is 23.2 Å². The molecule has 0 fully saturated rings. The zero-order chi connectivity index (χ0) is 17.8. The molecule has 2 heterocycles. The Labute approximate surface area is 146 Å². The molecule has 1 aliphatic rings. The van der Waals surface area contributed by atoms with Gasteiger partial charge < -0.3 is 24.3 Å². The number of carbonyl (C=O) groups excluding carboxylic acids is 2. The highest BCUT2D eigenvalue weighted by atomic mass is 16.5. The molecule has 0 aliphatic carbocycles. The van der Waals surface area contributed by atoms with Crippen LogP contribution in [0.25, 0.3) is 0 Å². The van der Waals surface area contributed by atoms with Gasteiger partial charge in [0.1, 0.15) is 5.75 Å². The number of ether oxygens (including phenoxy) is 1. The number of nitrogens with one attached hydrogen (secondary N) is 1. The highest BCUT2D eigenvalue weighted by Gasteiger charge is 2.25. The lowest BCUT2D eigenvalue weighted by atomic mass is 10.2. The Bertz CT molecular complexity index is 756. The quantitative estimate of drug-likeness (QED) is 0.870. The first-order valence-corrected chi connectivity index (χ1v) is 8.11. The smallest absolute Gasteiger partial charge is 0.291 e. The van der Waals surface area contributed by atoms with E-state index in [4.69, 9.17) is 9.15 Å². The first-order valence-electron chi connectivity index (χ1n) is 8.11. The molecule has 2 aromatic rings. The summed E-state index contributed by atoms with van der Waals surface area (Å²) in [6.07, 6.45) is 2.29. The van der Waals surface area contributed by atoms with Crippen molar-refractivity contribution in [3.63, 3.8) is 0 Å². The highest BCUT2D eigenvalue weighted by Crippen LogP contribution is 2.34. The topological polar surface area (TPSA) is 75.0 Å². The Morgan fingerprint density at radius 1 is 1.32 bits per heavy atom. The SMILES string of the molecule is CN(C)CCCN1C(=O)COc2ccc(NC(=O)c3ccco3)cc21. The number of hydrogen-bond acceptors (Lipinski definition) is 5. The van der Waals surface area contributed by atoms with Crippen LogP contribution in [0.5, 0.6) is 5.75 Å². The van der Waals surface area contributed by atoms with Crippen LogP contribution in [0.15, 0.2) is 41.0 Å². The van der Waals surface area contributed by atoms with Crippen molar-refractivity contribution < 1.29 is 18.7 Å². The number of rotatable bonds is 6. The summed E-state index contributed by atoms with van der Waals surface area (Å²) in [5, 5.41) is 2.77. The lowest BCUT2D eigenvalue weighted by molar-refractivity contribution is -0.121. The summed E-state index contributed by atoms with van der Waals surface area (Å²) in [6.45, 7) is 1.52. The Morgan fingerprint density at radius 2 is 2.16 bits per heavy atom. The average Bonchev–Trinajstić information content (AvgIpc) is 3.11. The van der Waals surface area contributed by atoms with Crippen LogP contribution in [0, 0.1) is 0 Å². The zero-order valence-electron chi connectivity index (χ0n) is 14.3. The Kier molecular flexibility index (Phi) is 5.04. The Hall–Kier alpha value is -2.80. The molecule has 7 heteroatoms. The zero-order valence-corrected chi connectivity index (χ0v) is 14.3. The van der Waals surface area contributed by atoms with Crippen molar-refractivity contribution in [1.82, 2.24) is 4.90 Å². The molecule has 0 unspecified atom stereocenters. The molecule has 0 bridgehead atoms.